The highest BCUT2D eigenvalue weighted by Crippen LogP contribution is 2.59. The molecule has 1 saturated heterocycles. The molecule has 1 unspecified atom stereocenters. The Kier molecular flexibility index (Phi) is 5.23. The summed E-state index contributed by atoms with van der Waals surface area (Å²) in [6, 6.07) is 17.0. The second-order valence-electron chi connectivity index (χ2n) is 7.65. The topological polar surface area (TPSA) is 49.4 Å². The number of benzene rings is 2. The Morgan fingerprint density at radius 3 is 2.43 bits per heavy atom. The lowest BCUT2D eigenvalue weighted by atomic mass is 9.90. The summed E-state index contributed by atoms with van der Waals surface area (Å²) < 4.78 is 0. The zero-order chi connectivity index (χ0) is 19.6. The maximum Gasteiger partial charge on any atom is 0.246 e. The van der Waals surface area contributed by atoms with E-state index in [4.69, 9.17) is 11.6 Å². The van der Waals surface area contributed by atoms with Crippen molar-refractivity contribution in [1.29, 1.82) is 0 Å². The highest BCUT2D eigenvalue weighted by molar-refractivity contribution is 6.32. The highest BCUT2D eigenvalue weighted by atomic mass is 35.5. The largest absolute Gasteiger partial charge is 0.339 e. The van der Waals surface area contributed by atoms with Gasteiger partial charge in [0.2, 0.25) is 11.8 Å². The minimum Gasteiger partial charge on any atom is -0.339 e. The zero-order valence-electron chi connectivity index (χ0n) is 15.6. The second-order valence-corrected chi connectivity index (χ2v) is 8.06. The van der Waals surface area contributed by atoms with Gasteiger partial charge in [0.15, 0.2) is 0 Å². The van der Waals surface area contributed by atoms with Crippen LogP contribution in [0.3, 0.4) is 0 Å². The van der Waals surface area contributed by atoms with Gasteiger partial charge >= 0.3 is 0 Å². The molecule has 0 radical (unpaired) electrons. The number of halogens is 1. The van der Waals surface area contributed by atoms with Crippen LogP contribution in [-0.2, 0) is 9.59 Å². The van der Waals surface area contributed by atoms with E-state index in [1.807, 2.05) is 59.5 Å². The molecule has 1 heterocycles. The summed E-state index contributed by atoms with van der Waals surface area (Å²) in [6.45, 7) is 1.39. The first-order chi connectivity index (χ1) is 13.6. The summed E-state index contributed by atoms with van der Waals surface area (Å²) in [5, 5.41) is 3.64. The third kappa shape index (κ3) is 3.97. The van der Waals surface area contributed by atoms with Crippen molar-refractivity contribution in [2.45, 2.75) is 19.3 Å². The van der Waals surface area contributed by atoms with E-state index in [1.165, 1.54) is 0 Å². The number of hydrogen-bond acceptors (Lipinski definition) is 2. The third-order valence-electron chi connectivity index (χ3n) is 5.93. The van der Waals surface area contributed by atoms with Crippen LogP contribution in [0.15, 0.2) is 60.7 Å². The van der Waals surface area contributed by atoms with Crippen LogP contribution in [0.5, 0.6) is 0 Å². The zero-order valence-corrected chi connectivity index (χ0v) is 16.4. The Balaban J connectivity index is 1.30. The monoisotopic (exact) mass is 394 g/mol. The molecule has 0 bridgehead atoms. The van der Waals surface area contributed by atoms with Crippen molar-refractivity contribution in [3.8, 4) is 0 Å². The van der Waals surface area contributed by atoms with Gasteiger partial charge in [-0.3, -0.25) is 9.59 Å². The SMILES string of the molecule is O=C(Nc1ccccc1)C1CC12CCN(C(=O)C=Cc1ccccc1Cl)CC2. The normalized spacial score (nSPS) is 20.3. The van der Waals surface area contributed by atoms with E-state index in [0.29, 0.717) is 18.1 Å². The first kappa shape index (κ1) is 18.8. The molecule has 4 nitrogen and oxygen atoms in total. The minimum atomic E-state index is 0.000654. The molecule has 1 saturated carbocycles. The lowest BCUT2D eigenvalue weighted by Gasteiger charge is -2.32. The smallest absolute Gasteiger partial charge is 0.246 e. The summed E-state index contributed by atoms with van der Waals surface area (Å²) in [5.41, 5.74) is 1.75. The number of carbonyl (C=O) groups excluding carboxylic acids is 2. The average molecular weight is 395 g/mol. The number of nitrogens with one attached hydrogen (secondary N) is 1. The molecule has 28 heavy (non-hydrogen) atoms. The molecule has 1 aliphatic heterocycles. The van der Waals surface area contributed by atoms with E-state index in [1.54, 1.807) is 12.2 Å². The van der Waals surface area contributed by atoms with E-state index in [-0.39, 0.29) is 23.1 Å². The van der Waals surface area contributed by atoms with Gasteiger partial charge in [-0.15, -0.1) is 0 Å². The number of hydrogen-bond donors (Lipinski definition) is 1. The first-order valence-electron chi connectivity index (χ1n) is 9.65. The molecule has 1 spiro atoms. The van der Waals surface area contributed by atoms with Crippen molar-refractivity contribution in [1.82, 2.24) is 4.90 Å². The molecular formula is C23H23ClN2O2. The van der Waals surface area contributed by atoms with Crippen molar-refractivity contribution in [3.05, 3.63) is 71.3 Å². The Bertz CT molecular complexity index is 902. The number of nitrogens with zero attached hydrogens (tertiary/aromatic N) is 1. The van der Waals surface area contributed by atoms with Crippen molar-refractivity contribution in [3.63, 3.8) is 0 Å². The van der Waals surface area contributed by atoms with Crippen LogP contribution in [0, 0.1) is 11.3 Å². The molecule has 2 aromatic rings. The minimum absolute atomic E-state index is 0.000654. The first-order valence-corrected chi connectivity index (χ1v) is 10.0. The average Bonchev–Trinajstić information content (AvgIpc) is 3.42. The summed E-state index contributed by atoms with van der Waals surface area (Å²) >= 11 is 6.13. The van der Waals surface area contributed by atoms with Gasteiger partial charge < -0.3 is 10.2 Å². The molecule has 1 aliphatic carbocycles. The van der Waals surface area contributed by atoms with Crippen LogP contribution in [0.4, 0.5) is 5.69 Å². The summed E-state index contributed by atoms with van der Waals surface area (Å²) in [6.07, 6.45) is 6.04. The van der Waals surface area contributed by atoms with Gasteiger partial charge in [-0.2, -0.15) is 0 Å². The molecule has 1 atom stereocenters. The standard InChI is InChI=1S/C23H23ClN2O2/c24-20-9-5-4-6-17(20)10-11-21(27)26-14-12-23(13-15-26)16-19(23)22(28)25-18-7-2-1-3-8-18/h1-11,19H,12-16H2,(H,25,28). The van der Waals surface area contributed by atoms with Crippen LogP contribution in [0.25, 0.3) is 6.08 Å². The van der Waals surface area contributed by atoms with Gasteiger partial charge in [-0.05, 0) is 54.5 Å². The summed E-state index contributed by atoms with van der Waals surface area (Å²) in [7, 11) is 0. The molecule has 2 aliphatic rings. The number of likely N-dealkylation sites (tertiary alicyclic amines) is 1. The third-order valence-corrected chi connectivity index (χ3v) is 6.27. The van der Waals surface area contributed by atoms with Crippen LogP contribution >= 0.6 is 11.6 Å². The lowest BCUT2D eigenvalue weighted by molar-refractivity contribution is -0.127. The van der Waals surface area contributed by atoms with E-state index < -0.39 is 0 Å². The maximum absolute atomic E-state index is 12.5. The Morgan fingerprint density at radius 2 is 1.71 bits per heavy atom. The molecule has 4 rings (SSSR count). The van der Waals surface area contributed by atoms with Gasteiger partial charge in [0.25, 0.3) is 0 Å². The number of carbonyl (C=O) groups is 2. The fourth-order valence-corrected chi connectivity index (χ4v) is 4.27. The Morgan fingerprint density at radius 1 is 1.04 bits per heavy atom. The van der Waals surface area contributed by atoms with Crippen molar-refractivity contribution in [2.75, 3.05) is 18.4 Å². The highest BCUT2D eigenvalue weighted by Gasteiger charge is 2.58. The quantitative estimate of drug-likeness (QED) is 0.769. The summed E-state index contributed by atoms with van der Waals surface area (Å²) in [4.78, 5) is 26.9. The van der Waals surface area contributed by atoms with E-state index in [0.717, 1.165) is 30.5 Å². The van der Waals surface area contributed by atoms with Gasteiger partial charge in [-0.25, -0.2) is 0 Å². The molecule has 0 aromatic heterocycles. The van der Waals surface area contributed by atoms with Crippen LogP contribution in [0.1, 0.15) is 24.8 Å². The lowest BCUT2D eigenvalue weighted by Crippen LogP contribution is -2.39. The predicted molar refractivity (Wildman–Crippen MR) is 112 cm³/mol. The van der Waals surface area contributed by atoms with Crippen LogP contribution in [-0.4, -0.2) is 29.8 Å². The second kappa shape index (κ2) is 7.80. The molecule has 144 valence electrons. The summed E-state index contributed by atoms with van der Waals surface area (Å²) in [5.74, 6) is 0.161. The fraction of sp³-hybridized carbons (Fsp3) is 0.304. The van der Waals surface area contributed by atoms with Crippen LogP contribution in [0.2, 0.25) is 5.02 Å². The van der Waals surface area contributed by atoms with Gasteiger partial charge in [-0.1, -0.05) is 48.0 Å². The van der Waals surface area contributed by atoms with Gasteiger partial charge in [0, 0.05) is 35.8 Å². The van der Waals surface area contributed by atoms with Gasteiger partial charge in [0.1, 0.15) is 0 Å². The van der Waals surface area contributed by atoms with E-state index in [2.05, 4.69) is 5.32 Å². The molecule has 2 fully saturated rings. The van der Waals surface area contributed by atoms with Crippen molar-refractivity contribution >= 4 is 35.2 Å². The number of rotatable bonds is 4. The van der Waals surface area contributed by atoms with E-state index in [9.17, 15) is 9.59 Å². The number of para-hydroxylation sites is 1. The Hall–Kier alpha value is -2.59. The number of piperidine rings is 1. The van der Waals surface area contributed by atoms with E-state index >= 15 is 0 Å². The molecule has 2 amide bonds. The van der Waals surface area contributed by atoms with Crippen molar-refractivity contribution in [2.24, 2.45) is 11.3 Å². The fourth-order valence-electron chi connectivity index (χ4n) is 4.07. The Labute approximate surface area is 170 Å². The maximum atomic E-state index is 12.5. The predicted octanol–water partition coefficient (Wildman–Crippen LogP) is 4.62. The van der Waals surface area contributed by atoms with Crippen LogP contribution < -0.4 is 5.32 Å². The molecule has 2 aromatic carbocycles. The van der Waals surface area contributed by atoms with Crippen molar-refractivity contribution < 1.29 is 9.59 Å². The molecular weight excluding hydrogens is 372 g/mol. The van der Waals surface area contributed by atoms with Gasteiger partial charge in [0.05, 0.1) is 0 Å². The molecule has 1 N–H and O–H groups in total. The number of anilines is 1. The number of amides is 2. The molecule has 5 heteroatoms.